The second-order valence-electron chi connectivity index (χ2n) is 8.58. The van der Waals surface area contributed by atoms with Crippen molar-refractivity contribution in [1.29, 1.82) is 0 Å². The Bertz CT molecular complexity index is 1600. The molecule has 2 aromatic carbocycles. The molecule has 0 aliphatic heterocycles. The zero-order chi connectivity index (χ0) is 28.7. The number of carbonyl (C=O) groups excluding carboxylic acids is 1. The molecule has 3 heterocycles. The standard InChI is InChI=1S/C26H23N5OS.C2HF3O2/c1-18-10-12-20(13-11-18)15-27-25(32)23-21-9-5-6-14-31(21)24(30-23)22-17-29-26(33-22)28-16-19-7-3-2-4-8-19;3-2(4,5)1(6)7/h2-14,17H,15-16H2,1H3,(H,27,32)(H,28,29);(H,6,7). The SMILES string of the molecule is Cc1ccc(CNC(=O)c2nc(-c3cnc(NCc4ccccc4)s3)n3ccccc23)cc1.O=C(O)C(F)(F)F. The first-order valence-electron chi connectivity index (χ1n) is 12.0. The summed E-state index contributed by atoms with van der Waals surface area (Å²) in [7, 11) is 0. The van der Waals surface area contributed by atoms with Gasteiger partial charge in [-0.25, -0.2) is 14.8 Å². The highest BCUT2D eigenvalue weighted by Crippen LogP contribution is 2.30. The minimum atomic E-state index is -5.08. The molecular formula is C28H24F3N5O3S. The van der Waals surface area contributed by atoms with E-state index in [9.17, 15) is 18.0 Å². The highest BCUT2D eigenvalue weighted by Gasteiger charge is 2.38. The van der Waals surface area contributed by atoms with Crippen molar-refractivity contribution in [2.24, 2.45) is 0 Å². The van der Waals surface area contributed by atoms with E-state index in [-0.39, 0.29) is 5.91 Å². The Morgan fingerprint density at radius 3 is 2.27 bits per heavy atom. The fourth-order valence-corrected chi connectivity index (χ4v) is 4.38. The van der Waals surface area contributed by atoms with Crippen LogP contribution in [0.5, 0.6) is 0 Å². The summed E-state index contributed by atoms with van der Waals surface area (Å²) < 4.78 is 33.7. The summed E-state index contributed by atoms with van der Waals surface area (Å²) in [5.41, 5.74) is 4.60. The summed E-state index contributed by atoms with van der Waals surface area (Å²) >= 11 is 1.52. The first-order valence-corrected chi connectivity index (χ1v) is 12.8. The van der Waals surface area contributed by atoms with Crippen LogP contribution in [0.1, 0.15) is 27.2 Å². The van der Waals surface area contributed by atoms with Crippen LogP contribution < -0.4 is 10.6 Å². The van der Waals surface area contributed by atoms with Gasteiger partial charge in [-0.1, -0.05) is 77.6 Å². The summed E-state index contributed by atoms with van der Waals surface area (Å²) in [6, 6.07) is 24.1. The Kier molecular flexibility index (Phi) is 8.80. The third kappa shape index (κ3) is 7.23. The van der Waals surface area contributed by atoms with E-state index in [0.29, 0.717) is 24.6 Å². The van der Waals surface area contributed by atoms with Gasteiger partial charge in [0.05, 0.1) is 16.6 Å². The van der Waals surface area contributed by atoms with Crippen LogP contribution in [0.15, 0.2) is 85.2 Å². The number of nitrogens with one attached hydrogen (secondary N) is 2. The van der Waals surface area contributed by atoms with Crippen molar-refractivity contribution in [1.82, 2.24) is 19.7 Å². The maximum atomic E-state index is 13.0. The molecule has 1 amide bonds. The molecule has 0 aliphatic rings. The quantitative estimate of drug-likeness (QED) is 0.225. The maximum Gasteiger partial charge on any atom is 0.490 e. The average Bonchev–Trinajstić information content (AvgIpc) is 3.57. The number of anilines is 1. The van der Waals surface area contributed by atoms with Gasteiger partial charge in [-0.3, -0.25) is 9.20 Å². The molecule has 0 unspecified atom stereocenters. The second-order valence-corrected chi connectivity index (χ2v) is 9.61. The number of hydrogen-bond donors (Lipinski definition) is 3. The van der Waals surface area contributed by atoms with Crippen LogP contribution in [0.3, 0.4) is 0 Å². The number of aliphatic carboxylic acids is 1. The van der Waals surface area contributed by atoms with Gasteiger partial charge in [-0.05, 0) is 30.2 Å². The van der Waals surface area contributed by atoms with E-state index in [2.05, 4.69) is 27.8 Å². The van der Waals surface area contributed by atoms with Gasteiger partial charge in [0.1, 0.15) is 0 Å². The van der Waals surface area contributed by atoms with Crippen molar-refractivity contribution in [3.05, 3.63) is 108 Å². The number of carbonyl (C=O) groups is 2. The highest BCUT2D eigenvalue weighted by molar-refractivity contribution is 7.18. The number of nitrogens with zero attached hydrogens (tertiary/aromatic N) is 3. The third-order valence-corrected chi connectivity index (χ3v) is 6.54. The lowest BCUT2D eigenvalue weighted by Crippen LogP contribution is -2.23. The molecular weight excluding hydrogens is 543 g/mol. The summed E-state index contributed by atoms with van der Waals surface area (Å²) in [5.74, 6) is -2.25. The fourth-order valence-electron chi connectivity index (χ4n) is 3.58. The summed E-state index contributed by atoms with van der Waals surface area (Å²) in [4.78, 5) is 32.0. The molecule has 0 fully saturated rings. The average molecular weight is 568 g/mol. The summed E-state index contributed by atoms with van der Waals surface area (Å²) in [5, 5.41) is 14.3. The fraction of sp³-hybridized carbons (Fsp3) is 0.143. The second kappa shape index (κ2) is 12.4. The van der Waals surface area contributed by atoms with Gasteiger partial charge < -0.3 is 15.7 Å². The van der Waals surface area contributed by atoms with E-state index < -0.39 is 12.1 Å². The molecule has 0 saturated heterocycles. The maximum absolute atomic E-state index is 13.0. The molecule has 0 bridgehead atoms. The molecule has 8 nitrogen and oxygen atoms in total. The number of imidazole rings is 1. The first-order chi connectivity index (χ1) is 19.1. The monoisotopic (exact) mass is 567 g/mol. The van der Waals surface area contributed by atoms with Crippen LogP contribution in [0.25, 0.3) is 16.2 Å². The van der Waals surface area contributed by atoms with Gasteiger partial charge in [0.25, 0.3) is 5.91 Å². The van der Waals surface area contributed by atoms with E-state index in [1.807, 2.05) is 78.2 Å². The van der Waals surface area contributed by atoms with Crippen LogP contribution in [-0.4, -0.2) is 37.5 Å². The van der Waals surface area contributed by atoms with Gasteiger partial charge in [0.15, 0.2) is 16.6 Å². The van der Waals surface area contributed by atoms with E-state index in [1.165, 1.54) is 22.5 Å². The number of benzene rings is 2. The molecule has 0 saturated carbocycles. The minimum absolute atomic E-state index is 0.197. The number of rotatable bonds is 7. The molecule has 3 aromatic heterocycles. The van der Waals surface area contributed by atoms with Gasteiger partial charge >= 0.3 is 12.1 Å². The topological polar surface area (TPSA) is 109 Å². The van der Waals surface area contributed by atoms with Crippen molar-refractivity contribution < 1.29 is 27.9 Å². The van der Waals surface area contributed by atoms with Crippen LogP contribution >= 0.6 is 11.3 Å². The smallest absolute Gasteiger partial charge is 0.475 e. The predicted molar refractivity (Wildman–Crippen MR) is 146 cm³/mol. The summed E-state index contributed by atoms with van der Waals surface area (Å²) in [6.45, 7) is 3.19. The number of hydrogen-bond acceptors (Lipinski definition) is 6. The number of fused-ring (bicyclic) bond motifs is 1. The number of thiazole rings is 1. The van der Waals surface area contributed by atoms with Gasteiger partial charge in [-0.15, -0.1) is 0 Å². The molecule has 12 heteroatoms. The van der Waals surface area contributed by atoms with Crippen molar-refractivity contribution in [3.63, 3.8) is 0 Å². The van der Waals surface area contributed by atoms with E-state index in [1.54, 1.807) is 6.20 Å². The summed E-state index contributed by atoms with van der Waals surface area (Å²) in [6.07, 6.45) is -1.36. The normalized spacial score (nSPS) is 11.0. The lowest BCUT2D eigenvalue weighted by Gasteiger charge is -2.04. The lowest BCUT2D eigenvalue weighted by molar-refractivity contribution is -0.192. The first kappa shape index (κ1) is 28.3. The van der Waals surface area contributed by atoms with Crippen LogP contribution in [0.2, 0.25) is 0 Å². The Balaban J connectivity index is 0.000000470. The molecule has 0 atom stereocenters. The molecule has 5 rings (SSSR count). The zero-order valence-corrected chi connectivity index (χ0v) is 22.0. The van der Waals surface area contributed by atoms with Crippen LogP contribution in [0.4, 0.5) is 18.3 Å². The van der Waals surface area contributed by atoms with Crippen LogP contribution in [-0.2, 0) is 17.9 Å². The molecule has 206 valence electrons. The van der Waals surface area contributed by atoms with E-state index in [0.717, 1.165) is 21.1 Å². The number of pyridine rings is 1. The molecule has 5 aromatic rings. The number of aryl methyl sites for hydroxylation is 1. The number of aromatic nitrogens is 3. The largest absolute Gasteiger partial charge is 0.490 e. The molecule has 0 spiro atoms. The van der Waals surface area contributed by atoms with Crippen LogP contribution in [0, 0.1) is 6.92 Å². The van der Waals surface area contributed by atoms with Gasteiger partial charge in [0, 0.05) is 19.3 Å². The number of carboxylic acid groups (broad SMARTS) is 1. The third-order valence-electron chi connectivity index (χ3n) is 5.59. The number of halogens is 3. The van der Waals surface area contributed by atoms with E-state index in [4.69, 9.17) is 14.9 Å². The highest BCUT2D eigenvalue weighted by atomic mass is 32.1. The zero-order valence-electron chi connectivity index (χ0n) is 21.1. The van der Waals surface area contributed by atoms with Crippen molar-refractivity contribution in [3.8, 4) is 10.7 Å². The van der Waals surface area contributed by atoms with E-state index >= 15 is 0 Å². The molecule has 40 heavy (non-hydrogen) atoms. The minimum Gasteiger partial charge on any atom is -0.475 e. The molecule has 3 N–H and O–H groups in total. The van der Waals surface area contributed by atoms with Gasteiger partial charge in [0.2, 0.25) is 0 Å². The Labute approximate surface area is 231 Å². The Hall–Kier alpha value is -4.71. The Morgan fingerprint density at radius 2 is 1.60 bits per heavy atom. The lowest BCUT2D eigenvalue weighted by atomic mass is 10.1. The number of amides is 1. The Morgan fingerprint density at radius 1 is 0.950 bits per heavy atom. The number of carboxylic acids is 1. The predicted octanol–water partition coefficient (Wildman–Crippen LogP) is 5.94. The van der Waals surface area contributed by atoms with Gasteiger partial charge in [-0.2, -0.15) is 13.2 Å². The number of alkyl halides is 3. The molecule has 0 radical (unpaired) electrons. The van der Waals surface area contributed by atoms with Crippen molar-refractivity contribution in [2.45, 2.75) is 26.2 Å². The molecule has 0 aliphatic carbocycles. The van der Waals surface area contributed by atoms with Crippen molar-refractivity contribution in [2.75, 3.05) is 5.32 Å². The van der Waals surface area contributed by atoms with Crippen molar-refractivity contribution >= 4 is 33.9 Å².